The van der Waals surface area contributed by atoms with E-state index in [1.165, 1.54) is 5.56 Å². The summed E-state index contributed by atoms with van der Waals surface area (Å²) < 4.78 is 17.3. The third-order valence-electron chi connectivity index (χ3n) is 4.67. The van der Waals surface area contributed by atoms with Crippen LogP contribution in [0, 0.1) is 6.92 Å². The number of hydrogen-bond acceptors (Lipinski definition) is 4. The van der Waals surface area contributed by atoms with Gasteiger partial charge in [-0.2, -0.15) is 0 Å². The molecule has 29 heavy (non-hydrogen) atoms. The normalized spacial score (nSPS) is 13.9. The van der Waals surface area contributed by atoms with Crippen molar-refractivity contribution in [1.82, 2.24) is 0 Å². The fourth-order valence-corrected chi connectivity index (χ4v) is 3.14. The molecule has 0 unspecified atom stereocenters. The highest BCUT2D eigenvalue weighted by molar-refractivity contribution is 6.14. The number of ether oxygens (including phenoxy) is 3. The maximum Gasteiger partial charge on any atom is 0.231 e. The van der Waals surface area contributed by atoms with Crippen LogP contribution in [0.5, 0.6) is 17.2 Å². The van der Waals surface area contributed by atoms with Crippen molar-refractivity contribution in [3.8, 4) is 17.2 Å². The average Bonchev–Trinajstić information content (AvgIpc) is 3.04. The molecule has 0 aromatic heterocycles. The summed E-state index contributed by atoms with van der Waals surface area (Å²) in [5, 5.41) is 0. The van der Waals surface area contributed by atoms with Gasteiger partial charge in [0.1, 0.15) is 23.9 Å². The second-order valence-electron chi connectivity index (χ2n) is 6.84. The van der Waals surface area contributed by atoms with Crippen LogP contribution in [0.1, 0.15) is 34.0 Å². The Labute approximate surface area is 170 Å². The van der Waals surface area contributed by atoms with Gasteiger partial charge >= 0.3 is 0 Å². The van der Waals surface area contributed by atoms with Gasteiger partial charge in [-0.1, -0.05) is 48.0 Å². The summed E-state index contributed by atoms with van der Waals surface area (Å²) in [6.45, 7) is 4.99. The Hall–Kier alpha value is -3.53. The van der Waals surface area contributed by atoms with Crippen molar-refractivity contribution in [2.45, 2.75) is 20.5 Å². The minimum Gasteiger partial charge on any atom is -0.493 e. The number of rotatable bonds is 6. The Kier molecular flexibility index (Phi) is 5.34. The van der Waals surface area contributed by atoms with E-state index in [-0.39, 0.29) is 11.5 Å². The van der Waals surface area contributed by atoms with Gasteiger partial charge in [0.15, 0.2) is 5.76 Å². The lowest BCUT2D eigenvalue weighted by atomic mass is 10.1. The Morgan fingerprint density at radius 3 is 2.55 bits per heavy atom. The summed E-state index contributed by atoms with van der Waals surface area (Å²) in [5.74, 6) is 2.03. The molecule has 4 heteroatoms. The first kappa shape index (κ1) is 18.8. The molecule has 0 N–H and O–H groups in total. The van der Waals surface area contributed by atoms with Gasteiger partial charge in [0.25, 0.3) is 0 Å². The van der Waals surface area contributed by atoms with Crippen LogP contribution in [0.3, 0.4) is 0 Å². The molecule has 4 rings (SSSR count). The Morgan fingerprint density at radius 1 is 0.966 bits per heavy atom. The Balaban J connectivity index is 1.52. The number of hydrogen-bond donors (Lipinski definition) is 0. The zero-order valence-electron chi connectivity index (χ0n) is 16.5. The van der Waals surface area contributed by atoms with E-state index in [0.29, 0.717) is 30.3 Å². The molecule has 0 saturated heterocycles. The molecule has 1 heterocycles. The Morgan fingerprint density at radius 2 is 1.76 bits per heavy atom. The molecule has 0 atom stereocenters. The number of para-hydroxylation sites is 1. The lowest BCUT2D eigenvalue weighted by Gasteiger charge is -2.08. The largest absolute Gasteiger partial charge is 0.493 e. The number of fused-ring (bicyclic) bond motifs is 1. The molecule has 0 amide bonds. The lowest BCUT2D eigenvalue weighted by molar-refractivity contribution is 0.101. The van der Waals surface area contributed by atoms with E-state index in [0.717, 1.165) is 16.9 Å². The van der Waals surface area contributed by atoms with Crippen LogP contribution in [-0.2, 0) is 6.61 Å². The van der Waals surface area contributed by atoms with E-state index in [4.69, 9.17) is 14.2 Å². The molecule has 4 nitrogen and oxygen atoms in total. The number of aryl methyl sites for hydroxylation is 1. The smallest absolute Gasteiger partial charge is 0.231 e. The molecule has 0 bridgehead atoms. The summed E-state index contributed by atoms with van der Waals surface area (Å²) in [7, 11) is 0. The van der Waals surface area contributed by atoms with Gasteiger partial charge in [-0.15, -0.1) is 0 Å². The number of carbonyl (C=O) groups excluding carboxylic acids is 1. The van der Waals surface area contributed by atoms with Gasteiger partial charge in [-0.3, -0.25) is 4.79 Å². The highest BCUT2D eigenvalue weighted by Gasteiger charge is 2.28. The maximum absolute atomic E-state index is 12.7. The predicted molar refractivity (Wildman–Crippen MR) is 112 cm³/mol. The summed E-state index contributed by atoms with van der Waals surface area (Å²) >= 11 is 0. The number of allylic oxidation sites excluding steroid dienone is 1. The summed E-state index contributed by atoms with van der Waals surface area (Å²) in [6.07, 6.45) is 1.72. The van der Waals surface area contributed by atoms with Gasteiger partial charge in [-0.25, -0.2) is 0 Å². The zero-order chi connectivity index (χ0) is 20.2. The van der Waals surface area contributed by atoms with Crippen molar-refractivity contribution in [2.24, 2.45) is 0 Å². The van der Waals surface area contributed by atoms with Crippen molar-refractivity contribution in [3.63, 3.8) is 0 Å². The number of Topliss-reactive ketones (excluding diaryl/α,β-unsaturated/α-hetero) is 1. The van der Waals surface area contributed by atoms with Crippen LogP contribution >= 0.6 is 0 Å². The van der Waals surface area contributed by atoms with Crippen LogP contribution in [0.2, 0.25) is 0 Å². The van der Waals surface area contributed by atoms with Crippen molar-refractivity contribution < 1.29 is 19.0 Å². The summed E-state index contributed by atoms with van der Waals surface area (Å²) in [6, 6.07) is 21.1. The van der Waals surface area contributed by atoms with Crippen molar-refractivity contribution >= 4 is 11.9 Å². The van der Waals surface area contributed by atoms with E-state index < -0.39 is 0 Å². The number of benzene rings is 3. The summed E-state index contributed by atoms with van der Waals surface area (Å²) in [4.78, 5) is 12.7. The van der Waals surface area contributed by atoms with Crippen LogP contribution < -0.4 is 14.2 Å². The second kappa shape index (κ2) is 8.23. The highest BCUT2D eigenvalue weighted by Crippen LogP contribution is 2.36. The van der Waals surface area contributed by atoms with Crippen LogP contribution in [0.4, 0.5) is 0 Å². The quantitative estimate of drug-likeness (QED) is 0.518. The highest BCUT2D eigenvalue weighted by atomic mass is 16.5. The molecule has 3 aromatic rings. The fourth-order valence-electron chi connectivity index (χ4n) is 3.14. The Bertz CT molecular complexity index is 1060. The molecule has 146 valence electrons. The number of ketones is 1. The number of carbonyl (C=O) groups is 1. The van der Waals surface area contributed by atoms with Crippen molar-refractivity contribution in [3.05, 3.63) is 94.7 Å². The van der Waals surface area contributed by atoms with Gasteiger partial charge in [0.2, 0.25) is 5.78 Å². The second-order valence-corrected chi connectivity index (χ2v) is 6.84. The minimum absolute atomic E-state index is 0.142. The third kappa shape index (κ3) is 4.16. The van der Waals surface area contributed by atoms with Crippen LogP contribution in [0.25, 0.3) is 6.08 Å². The van der Waals surface area contributed by atoms with E-state index >= 15 is 0 Å². The first-order chi connectivity index (χ1) is 14.1. The SMILES string of the molecule is CCOc1ccccc1/C=C1\Oc2cc(OCc3ccc(C)cc3)ccc2C1=O. The molecule has 1 aliphatic rings. The van der Waals surface area contributed by atoms with E-state index in [1.807, 2.05) is 43.3 Å². The molecule has 0 fully saturated rings. The molecule has 1 aliphatic heterocycles. The predicted octanol–water partition coefficient (Wildman–Crippen LogP) is 5.59. The first-order valence-electron chi connectivity index (χ1n) is 9.62. The van der Waals surface area contributed by atoms with E-state index in [1.54, 1.807) is 24.3 Å². The van der Waals surface area contributed by atoms with Crippen molar-refractivity contribution in [2.75, 3.05) is 6.61 Å². The van der Waals surface area contributed by atoms with Gasteiger partial charge in [0, 0.05) is 11.6 Å². The molecular formula is C25H22O4. The monoisotopic (exact) mass is 386 g/mol. The van der Waals surface area contributed by atoms with E-state index in [2.05, 4.69) is 19.1 Å². The minimum atomic E-state index is -0.142. The van der Waals surface area contributed by atoms with Crippen LogP contribution in [-0.4, -0.2) is 12.4 Å². The maximum atomic E-state index is 12.7. The third-order valence-corrected chi connectivity index (χ3v) is 4.67. The van der Waals surface area contributed by atoms with Crippen LogP contribution in [0.15, 0.2) is 72.5 Å². The topological polar surface area (TPSA) is 44.8 Å². The zero-order valence-corrected chi connectivity index (χ0v) is 16.5. The molecule has 0 saturated carbocycles. The first-order valence-corrected chi connectivity index (χ1v) is 9.62. The standard InChI is InChI=1S/C25H22O4/c1-3-27-22-7-5-4-6-19(22)14-24-25(26)21-13-12-20(15-23(21)29-24)28-16-18-10-8-17(2)9-11-18/h4-15H,3,16H2,1-2H3/b24-14-. The molecule has 0 radical (unpaired) electrons. The van der Waals surface area contributed by atoms with Gasteiger partial charge in [-0.05, 0) is 43.7 Å². The molecular weight excluding hydrogens is 364 g/mol. The summed E-state index contributed by atoms with van der Waals surface area (Å²) in [5.41, 5.74) is 3.64. The fraction of sp³-hybridized carbons (Fsp3) is 0.160. The van der Waals surface area contributed by atoms with Gasteiger partial charge < -0.3 is 14.2 Å². The van der Waals surface area contributed by atoms with E-state index in [9.17, 15) is 4.79 Å². The molecule has 3 aromatic carbocycles. The van der Waals surface area contributed by atoms with Gasteiger partial charge in [0.05, 0.1) is 12.2 Å². The van der Waals surface area contributed by atoms with Crippen molar-refractivity contribution in [1.29, 1.82) is 0 Å². The lowest BCUT2D eigenvalue weighted by Crippen LogP contribution is -1.99. The molecule has 0 spiro atoms. The average molecular weight is 386 g/mol. The molecule has 0 aliphatic carbocycles.